The van der Waals surface area contributed by atoms with Crippen molar-refractivity contribution in [2.75, 3.05) is 0 Å². The Labute approximate surface area is 172 Å². The average molecular weight is 397 g/mol. The van der Waals surface area contributed by atoms with E-state index in [0.29, 0.717) is 11.5 Å². The molecule has 2 aliphatic carbocycles. The number of hydrogen-bond acceptors (Lipinski definition) is 1. The maximum Gasteiger partial charge on any atom is 0.302 e. The van der Waals surface area contributed by atoms with E-state index in [1.807, 2.05) is 0 Å². The van der Waals surface area contributed by atoms with Gasteiger partial charge in [0.05, 0.1) is 0 Å². The maximum atomic E-state index is 14.2. The quantitative estimate of drug-likeness (QED) is 0.562. The molecule has 0 amide bonds. The fourth-order valence-corrected chi connectivity index (χ4v) is 4.88. The lowest BCUT2D eigenvalue weighted by atomic mass is 9.77. The van der Waals surface area contributed by atoms with Crippen LogP contribution in [0.4, 0.5) is 8.78 Å². The largest absolute Gasteiger partial charge is 0.382 e. The number of halogens is 2. The molecule has 29 heavy (non-hydrogen) atoms. The summed E-state index contributed by atoms with van der Waals surface area (Å²) in [7, 11) is 0. The molecule has 0 aromatic heterocycles. The van der Waals surface area contributed by atoms with E-state index in [2.05, 4.69) is 31.2 Å². The molecule has 0 spiro atoms. The van der Waals surface area contributed by atoms with Crippen molar-refractivity contribution in [1.29, 1.82) is 0 Å². The molecule has 0 heterocycles. The molecule has 1 nitrogen and oxygen atoms in total. The Morgan fingerprint density at radius 1 is 0.966 bits per heavy atom. The second-order valence-electron chi connectivity index (χ2n) is 8.71. The Morgan fingerprint density at radius 2 is 1.66 bits per heavy atom. The third-order valence-corrected chi connectivity index (χ3v) is 6.77. The van der Waals surface area contributed by atoms with Crippen LogP contribution in [0.5, 0.6) is 0 Å². The highest BCUT2D eigenvalue weighted by Gasteiger charge is 2.42. The van der Waals surface area contributed by atoms with Gasteiger partial charge in [-0.3, -0.25) is 0 Å². The highest BCUT2D eigenvalue weighted by atomic mass is 19.3. The van der Waals surface area contributed by atoms with Crippen molar-refractivity contribution >= 4 is 6.08 Å². The van der Waals surface area contributed by atoms with Gasteiger partial charge in [0.25, 0.3) is 0 Å². The highest BCUT2D eigenvalue weighted by Crippen LogP contribution is 2.41. The van der Waals surface area contributed by atoms with E-state index in [-0.39, 0.29) is 5.56 Å². The molecule has 0 saturated heterocycles. The number of benzene rings is 2. The van der Waals surface area contributed by atoms with Gasteiger partial charge in [-0.2, -0.15) is 8.78 Å². The number of hydrogen-bond donors (Lipinski definition) is 1. The summed E-state index contributed by atoms with van der Waals surface area (Å²) in [5.41, 5.74) is 3.74. The smallest absolute Gasteiger partial charge is 0.302 e. The lowest BCUT2D eigenvalue weighted by Gasteiger charge is -2.29. The first-order valence-electron chi connectivity index (χ1n) is 11.0. The molecule has 3 heteroatoms. The lowest BCUT2D eigenvalue weighted by molar-refractivity contribution is -0.0939. The van der Waals surface area contributed by atoms with Crippen LogP contribution in [0.1, 0.15) is 74.5 Å². The van der Waals surface area contributed by atoms with Crippen LogP contribution in [0, 0.1) is 5.92 Å². The first-order chi connectivity index (χ1) is 14.0. The van der Waals surface area contributed by atoms with Gasteiger partial charge in [0.2, 0.25) is 0 Å². The molecule has 1 unspecified atom stereocenters. The van der Waals surface area contributed by atoms with E-state index in [4.69, 9.17) is 0 Å². The molecule has 1 N–H and O–H groups in total. The monoisotopic (exact) mass is 396 g/mol. The molecule has 1 fully saturated rings. The Morgan fingerprint density at radius 3 is 2.34 bits per heavy atom. The molecule has 2 aromatic carbocycles. The summed E-state index contributed by atoms with van der Waals surface area (Å²) >= 11 is 0. The van der Waals surface area contributed by atoms with E-state index >= 15 is 0 Å². The molecule has 2 aliphatic rings. The second-order valence-corrected chi connectivity index (χ2v) is 8.71. The van der Waals surface area contributed by atoms with Crippen LogP contribution in [-0.4, -0.2) is 11.2 Å². The average Bonchev–Trinajstić information content (AvgIpc) is 2.75. The van der Waals surface area contributed by atoms with E-state index in [1.54, 1.807) is 18.2 Å². The third kappa shape index (κ3) is 4.16. The van der Waals surface area contributed by atoms with Crippen LogP contribution in [0.25, 0.3) is 17.2 Å². The summed E-state index contributed by atoms with van der Waals surface area (Å²) in [5, 5.41) is 9.55. The first kappa shape index (κ1) is 20.3. The fourth-order valence-electron chi connectivity index (χ4n) is 4.88. The summed E-state index contributed by atoms with van der Waals surface area (Å²) in [6, 6.07) is 13.6. The summed E-state index contributed by atoms with van der Waals surface area (Å²) in [5.74, 6) is -1.68. The van der Waals surface area contributed by atoms with Gasteiger partial charge in [-0.15, -0.1) is 0 Å². The van der Waals surface area contributed by atoms with Gasteiger partial charge in [0.1, 0.15) is 6.10 Å². The summed E-state index contributed by atoms with van der Waals surface area (Å²) in [6.07, 6.45) is 10.3. The van der Waals surface area contributed by atoms with E-state index < -0.39 is 12.0 Å². The minimum absolute atomic E-state index is 0.104. The van der Waals surface area contributed by atoms with Crippen LogP contribution in [-0.2, 0) is 5.92 Å². The van der Waals surface area contributed by atoms with Gasteiger partial charge in [0, 0.05) is 5.56 Å². The predicted molar refractivity (Wildman–Crippen MR) is 115 cm³/mol. The Kier molecular flexibility index (Phi) is 5.87. The van der Waals surface area contributed by atoms with Crippen molar-refractivity contribution in [3.05, 3.63) is 65.2 Å². The van der Waals surface area contributed by atoms with Crippen LogP contribution in [0.3, 0.4) is 0 Å². The second kappa shape index (κ2) is 8.39. The number of fused-ring (bicyclic) bond motifs is 1. The van der Waals surface area contributed by atoms with Crippen molar-refractivity contribution in [1.82, 2.24) is 0 Å². The molecular formula is C26H30F2O. The zero-order valence-electron chi connectivity index (χ0n) is 17.1. The SMILES string of the molecule is CCCCC1CCC(c2ccc(-c3ccc4c(c3)C=CC(O)C4(F)F)cc2)CC1. The zero-order valence-corrected chi connectivity index (χ0v) is 17.1. The molecular weight excluding hydrogens is 366 g/mol. The van der Waals surface area contributed by atoms with Crippen molar-refractivity contribution in [2.45, 2.75) is 69.8 Å². The molecule has 0 bridgehead atoms. The topological polar surface area (TPSA) is 20.2 Å². The molecule has 4 rings (SSSR count). The van der Waals surface area contributed by atoms with Gasteiger partial charge in [-0.05, 0) is 71.9 Å². The standard InChI is InChI=1S/C26H30F2O/c1-2-3-4-18-5-7-19(8-6-18)20-9-11-21(12-10-20)22-13-15-24-23(17-22)14-16-25(29)26(24,27)28/h9-19,25,29H,2-8H2,1H3. The first-order valence-corrected chi connectivity index (χ1v) is 11.0. The normalized spacial score (nSPS) is 25.6. The minimum atomic E-state index is -3.23. The number of rotatable bonds is 5. The van der Waals surface area contributed by atoms with Gasteiger partial charge in [-0.1, -0.05) is 68.7 Å². The number of unbranched alkanes of at least 4 members (excludes halogenated alkanes) is 1. The van der Waals surface area contributed by atoms with E-state index in [1.165, 1.54) is 62.7 Å². The Bertz CT molecular complexity index is 861. The Hall–Kier alpha value is -2.00. The predicted octanol–water partition coefficient (Wildman–Crippen LogP) is 7.30. The zero-order chi connectivity index (χ0) is 20.4. The number of aliphatic hydroxyl groups is 1. The van der Waals surface area contributed by atoms with Crippen molar-refractivity contribution in [2.24, 2.45) is 5.92 Å². The molecule has 0 radical (unpaired) electrons. The van der Waals surface area contributed by atoms with Gasteiger partial charge < -0.3 is 5.11 Å². The molecule has 2 aromatic rings. The van der Waals surface area contributed by atoms with E-state index in [9.17, 15) is 13.9 Å². The van der Waals surface area contributed by atoms with Crippen LogP contribution < -0.4 is 0 Å². The molecule has 1 atom stereocenters. The minimum Gasteiger partial charge on any atom is -0.382 e. The van der Waals surface area contributed by atoms with Crippen molar-refractivity contribution in [3.63, 3.8) is 0 Å². The number of aliphatic hydroxyl groups excluding tert-OH is 1. The highest BCUT2D eigenvalue weighted by molar-refractivity contribution is 5.71. The van der Waals surface area contributed by atoms with Gasteiger partial charge in [0.15, 0.2) is 0 Å². The van der Waals surface area contributed by atoms with Gasteiger partial charge in [-0.25, -0.2) is 0 Å². The van der Waals surface area contributed by atoms with Crippen LogP contribution >= 0.6 is 0 Å². The molecule has 154 valence electrons. The summed E-state index contributed by atoms with van der Waals surface area (Å²) in [4.78, 5) is 0. The van der Waals surface area contributed by atoms with Crippen LogP contribution in [0.2, 0.25) is 0 Å². The molecule has 0 aliphatic heterocycles. The van der Waals surface area contributed by atoms with E-state index in [0.717, 1.165) is 17.0 Å². The molecule has 1 saturated carbocycles. The lowest BCUT2D eigenvalue weighted by Crippen LogP contribution is -2.32. The van der Waals surface area contributed by atoms with Crippen LogP contribution in [0.15, 0.2) is 48.5 Å². The van der Waals surface area contributed by atoms with Crippen molar-refractivity contribution in [3.8, 4) is 11.1 Å². The summed E-state index contributed by atoms with van der Waals surface area (Å²) < 4.78 is 28.4. The number of alkyl halides is 2. The van der Waals surface area contributed by atoms with Crippen molar-refractivity contribution < 1.29 is 13.9 Å². The maximum absolute atomic E-state index is 14.2. The Balaban J connectivity index is 1.46. The third-order valence-electron chi connectivity index (χ3n) is 6.77. The van der Waals surface area contributed by atoms with Gasteiger partial charge >= 0.3 is 5.92 Å². The fraction of sp³-hybridized carbons (Fsp3) is 0.462. The summed E-state index contributed by atoms with van der Waals surface area (Å²) in [6.45, 7) is 2.26.